The Bertz CT molecular complexity index is 996. The van der Waals surface area contributed by atoms with Crippen molar-refractivity contribution in [2.24, 2.45) is 0 Å². The molecule has 1 heterocycles. The summed E-state index contributed by atoms with van der Waals surface area (Å²) in [5, 5.41) is 0.785. The molecule has 5 nitrogen and oxygen atoms in total. The van der Waals surface area contributed by atoms with E-state index in [1.165, 1.54) is 11.8 Å². The average molecular weight is 368 g/mol. The van der Waals surface area contributed by atoms with E-state index in [-0.39, 0.29) is 16.6 Å². The summed E-state index contributed by atoms with van der Waals surface area (Å²) in [6.45, 7) is 4.24. The van der Waals surface area contributed by atoms with Crippen LogP contribution in [0.2, 0.25) is 0 Å². The number of methoxy groups -OCH3 is 1. The molecular weight excluding hydrogens is 348 g/mol. The molecule has 0 bridgehead atoms. The van der Waals surface area contributed by atoms with Gasteiger partial charge in [0.25, 0.3) is 5.56 Å². The van der Waals surface area contributed by atoms with Crippen LogP contribution in [-0.2, 0) is 6.54 Å². The second-order valence-electron chi connectivity index (χ2n) is 5.81. The number of hydrogen-bond acceptors (Lipinski definition) is 5. The monoisotopic (exact) mass is 368 g/mol. The van der Waals surface area contributed by atoms with Crippen molar-refractivity contribution in [1.82, 2.24) is 9.55 Å². The van der Waals surface area contributed by atoms with Gasteiger partial charge in [-0.05, 0) is 50.2 Å². The summed E-state index contributed by atoms with van der Waals surface area (Å²) < 4.78 is 6.74. The highest BCUT2D eigenvalue weighted by molar-refractivity contribution is 8.00. The molecule has 0 spiro atoms. The molecule has 3 rings (SSSR count). The molecule has 26 heavy (non-hydrogen) atoms. The molecule has 0 saturated heterocycles. The summed E-state index contributed by atoms with van der Waals surface area (Å²) in [6, 6.07) is 14.3. The second kappa shape index (κ2) is 7.74. The Morgan fingerprint density at radius 3 is 2.54 bits per heavy atom. The van der Waals surface area contributed by atoms with Gasteiger partial charge in [0.1, 0.15) is 5.75 Å². The van der Waals surface area contributed by atoms with Gasteiger partial charge < -0.3 is 4.74 Å². The van der Waals surface area contributed by atoms with Crippen LogP contribution in [0.1, 0.15) is 24.2 Å². The molecule has 0 radical (unpaired) electrons. The van der Waals surface area contributed by atoms with Gasteiger partial charge in [0.2, 0.25) is 0 Å². The number of aromatic nitrogens is 2. The molecule has 1 atom stereocenters. The van der Waals surface area contributed by atoms with Crippen molar-refractivity contribution >= 4 is 28.4 Å². The maximum Gasteiger partial charge on any atom is 0.262 e. The Labute approximate surface area is 156 Å². The Morgan fingerprint density at radius 2 is 1.88 bits per heavy atom. The molecule has 0 amide bonds. The number of rotatable bonds is 6. The minimum Gasteiger partial charge on any atom is -0.497 e. The van der Waals surface area contributed by atoms with E-state index in [1.807, 2.05) is 32.0 Å². The number of carbonyl (C=O) groups is 1. The molecule has 0 fully saturated rings. The van der Waals surface area contributed by atoms with Crippen molar-refractivity contribution in [3.8, 4) is 5.75 Å². The van der Waals surface area contributed by atoms with Gasteiger partial charge in [-0.3, -0.25) is 14.2 Å². The zero-order chi connectivity index (χ0) is 18.7. The summed E-state index contributed by atoms with van der Waals surface area (Å²) in [4.78, 5) is 30.0. The minimum atomic E-state index is -0.366. The predicted octanol–water partition coefficient (Wildman–Crippen LogP) is 3.79. The Balaban J connectivity index is 1.91. The Morgan fingerprint density at radius 1 is 1.19 bits per heavy atom. The van der Waals surface area contributed by atoms with Gasteiger partial charge in [-0.25, -0.2) is 4.98 Å². The van der Waals surface area contributed by atoms with E-state index in [9.17, 15) is 9.59 Å². The number of ketones is 1. The fourth-order valence-electron chi connectivity index (χ4n) is 2.72. The third kappa shape index (κ3) is 3.51. The molecule has 1 unspecified atom stereocenters. The normalized spacial score (nSPS) is 12.1. The van der Waals surface area contributed by atoms with Gasteiger partial charge >= 0.3 is 0 Å². The first kappa shape index (κ1) is 18.2. The average Bonchev–Trinajstić information content (AvgIpc) is 2.68. The van der Waals surface area contributed by atoms with Crippen molar-refractivity contribution < 1.29 is 9.53 Å². The van der Waals surface area contributed by atoms with Crippen LogP contribution in [0.3, 0.4) is 0 Å². The van der Waals surface area contributed by atoms with Crippen LogP contribution in [0.15, 0.2) is 58.5 Å². The van der Waals surface area contributed by atoms with E-state index < -0.39 is 0 Å². The molecule has 6 heteroatoms. The zero-order valence-corrected chi connectivity index (χ0v) is 15.7. The van der Waals surface area contributed by atoms with Gasteiger partial charge in [0, 0.05) is 12.1 Å². The third-order valence-corrected chi connectivity index (χ3v) is 5.26. The van der Waals surface area contributed by atoms with E-state index in [2.05, 4.69) is 4.98 Å². The van der Waals surface area contributed by atoms with Crippen LogP contribution in [0.25, 0.3) is 10.9 Å². The van der Waals surface area contributed by atoms with Gasteiger partial charge in [0.15, 0.2) is 10.9 Å². The largest absolute Gasteiger partial charge is 0.497 e. The summed E-state index contributed by atoms with van der Waals surface area (Å²) in [5.74, 6) is 0.695. The van der Waals surface area contributed by atoms with E-state index in [0.717, 1.165) is 0 Å². The number of Topliss-reactive ketones (excluding diaryl/α,β-unsaturated/α-hetero) is 1. The lowest BCUT2D eigenvalue weighted by Gasteiger charge is -2.15. The molecular formula is C20H20N2O3S. The van der Waals surface area contributed by atoms with Gasteiger partial charge in [-0.1, -0.05) is 23.9 Å². The highest BCUT2D eigenvalue weighted by Gasteiger charge is 2.20. The zero-order valence-electron chi connectivity index (χ0n) is 14.9. The van der Waals surface area contributed by atoms with Crippen molar-refractivity contribution in [3.05, 3.63) is 64.4 Å². The van der Waals surface area contributed by atoms with Crippen molar-refractivity contribution in [3.63, 3.8) is 0 Å². The van der Waals surface area contributed by atoms with Crippen LogP contribution in [0.5, 0.6) is 5.75 Å². The molecule has 0 aliphatic carbocycles. The van der Waals surface area contributed by atoms with Crippen LogP contribution in [0, 0.1) is 0 Å². The number of benzene rings is 2. The number of fused-ring (bicyclic) bond motifs is 1. The first-order valence-electron chi connectivity index (χ1n) is 8.39. The summed E-state index contributed by atoms with van der Waals surface area (Å²) in [7, 11) is 1.59. The van der Waals surface area contributed by atoms with Gasteiger partial charge in [-0.2, -0.15) is 0 Å². The minimum absolute atomic E-state index is 0.0114. The fourth-order valence-corrected chi connectivity index (χ4v) is 3.77. The van der Waals surface area contributed by atoms with E-state index >= 15 is 0 Å². The molecule has 0 N–H and O–H groups in total. The Hall–Kier alpha value is -2.60. The number of hydrogen-bond donors (Lipinski definition) is 0. The van der Waals surface area contributed by atoms with Crippen LogP contribution < -0.4 is 10.3 Å². The van der Waals surface area contributed by atoms with Crippen LogP contribution >= 0.6 is 11.8 Å². The number of para-hydroxylation sites is 1. The van der Waals surface area contributed by atoms with Crippen molar-refractivity contribution in [2.75, 3.05) is 7.11 Å². The Kier molecular flexibility index (Phi) is 5.42. The topological polar surface area (TPSA) is 61.2 Å². The van der Waals surface area contributed by atoms with Crippen molar-refractivity contribution in [1.29, 1.82) is 0 Å². The second-order valence-corrected chi connectivity index (χ2v) is 7.12. The van der Waals surface area contributed by atoms with Crippen molar-refractivity contribution in [2.45, 2.75) is 30.8 Å². The molecule has 3 aromatic rings. The smallest absolute Gasteiger partial charge is 0.262 e. The standard InChI is InChI=1S/C20H20N2O3S/c1-4-22-19(24)16-7-5-6-8-17(16)21-20(22)26-13(2)18(23)14-9-11-15(25-3)12-10-14/h5-13H,4H2,1-3H3. The molecule has 0 aliphatic rings. The molecule has 1 aromatic heterocycles. The lowest BCUT2D eigenvalue weighted by molar-refractivity contribution is 0.0994. The van der Waals surface area contributed by atoms with E-state index in [0.29, 0.717) is 33.9 Å². The number of thioether (sulfide) groups is 1. The summed E-state index contributed by atoms with van der Waals surface area (Å²) in [5.41, 5.74) is 1.18. The molecule has 0 saturated carbocycles. The van der Waals surface area contributed by atoms with E-state index in [1.54, 1.807) is 42.0 Å². The predicted molar refractivity (Wildman–Crippen MR) is 104 cm³/mol. The summed E-state index contributed by atoms with van der Waals surface area (Å²) >= 11 is 1.31. The number of carbonyl (C=O) groups excluding carboxylic acids is 1. The maximum atomic E-state index is 12.7. The highest BCUT2D eigenvalue weighted by Crippen LogP contribution is 2.25. The van der Waals surface area contributed by atoms with Gasteiger partial charge in [0.05, 0.1) is 23.3 Å². The maximum absolute atomic E-state index is 12.7. The quantitative estimate of drug-likeness (QED) is 0.376. The SMILES string of the molecule is CCn1c(SC(C)C(=O)c2ccc(OC)cc2)nc2ccccc2c1=O. The molecule has 2 aromatic carbocycles. The molecule has 134 valence electrons. The highest BCUT2D eigenvalue weighted by atomic mass is 32.2. The van der Waals surface area contributed by atoms with Crippen LogP contribution in [0.4, 0.5) is 0 Å². The van der Waals surface area contributed by atoms with E-state index in [4.69, 9.17) is 4.74 Å². The lowest BCUT2D eigenvalue weighted by Crippen LogP contribution is -2.24. The summed E-state index contributed by atoms with van der Waals surface area (Å²) in [6.07, 6.45) is 0. The molecule has 0 aliphatic heterocycles. The third-order valence-electron chi connectivity index (χ3n) is 4.17. The fraction of sp³-hybridized carbons (Fsp3) is 0.250. The first-order chi connectivity index (χ1) is 12.5. The first-order valence-corrected chi connectivity index (χ1v) is 9.27. The lowest BCUT2D eigenvalue weighted by atomic mass is 10.1. The number of ether oxygens (including phenoxy) is 1. The van der Waals surface area contributed by atoms with Crippen LogP contribution in [-0.4, -0.2) is 27.7 Å². The van der Waals surface area contributed by atoms with Gasteiger partial charge in [-0.15, -0.1) is 0 Å². The number of nitrogens with zero attached hydrogens (tertiary/aromatic N) is 2.